The third kappa shape index (κ3) is 4.31. The molecule has 0 radical (unpaired) electrons. The van der Waals surface area contributed by atoms with Gasteiger partial charge in [0.2, 0.25) is 0 Å². The maximum absolute atomic E-state index is 12.6. The highest BCUT2D eigenvalue weighted by Crippen LogP contribution is 2.46. The highest BCUT2D eigenvalue weighted by molar-refractivity contribution is 14.1. The maximum Gasteiger partial charge on any atom is 0.573 e. The van der Waals surface area contributed by atoms with Crippen LogP contribution in [0.4, 0.5) is 39.5 Å². The second-order valence-electron chi connectivity index (χ2n) is 3.37. The van der Waals surface area contributed by atoms with Crippen LogP contribution in [0.15, 0.2) is 12.1 Å². The number of ether oxygens (including phenoxy) is 1. The van der Waals surface area contributed by atoms with E-state index in [-0.39, 0.29) is 12.1 Å². The number of benzene rings is 1. The van der Waals surface area contributed by atoms with Gasteiger partial charge >= 0.3 is 18.7 Å². The van der Waals surface area contributed by atoms with E-state index in [4.69, 9.17) is 0 Å². The molecule has 114 valence electrons. The molecule has 20 heavy (non-hydrogen) atoms. The van der Waals surface area contributed by atoms with Gasteiger partial charge in [-0.1, -0.05) is 0 Å². The van der Waals surface area contributed by atoms with E-state index in [0.29, 0.717) is 0 Å². The molecule has 0 aromatic heterocycles. The van der Waals surface area contributed by atoms with Crippen molar-refractivity contribution < 1.29 is 44.3 Å². The lowest BCUT2D eigenvalue weighted by Crippen LogP contribution is -2.23. The predicted octanol–water partition coefficient (Wildman–Crippen LogP) is 5.23. The first-order chi connectivity index (χ1) is 8.72. The van der Waals surface area contributed by atoms with Gasteiger partial charge in [-0.25, -0.2) is 0 Å². The monoisotopic (exact) mass is 424 g/mol. The van der Waals surface area contributed by atoms with Gasteiger partial charge in [0.1, 0.15) is 0 Å². The van der Waals surface area contributed by atoms with Crippen molar-refractivity contribution in [3.05, 3.63) is 26.8 Å². The molecule has 1 rings (SSSR count). The number of rotatable bonds is 1. The maximum atomic E-state index is 12.6. The fraction of sp³-hybridized carbons (Fsp3) is 0.333. The summed E-state index contributed by atoms with van der Waals surface area (Å²) in [6.07, 6.45) is -16.5. The Balaban J connectivity index is 3.63. The second-order valence-corrected chi connectivity index (χ2v) is 4.62. The zero-order valence-electron chi connectivity index (χ0n) is 8.84. The van der Waals surface area contributed by atoms with Crippen molar-refractivity contribution in [2.75, 3.05) is 0 Å². The molecule has 0 bridgehead atoms. The third-order valence-electron chi connectivity index (χ3n) is 1.88. The smallest absolute Gasteiger partial charge is 0.404 e. The molecule has 1 nitrogen and oxygen atoms in total. The van der Waals surface area contributed by atoms with Crippen molar-refractivity contribution >= 4 is 22.6 Å². The molecule has 0 aliphatic rings. The van der Waals surface area contributed by atoms with Crippen LogP contribution in [-0.2, 0) is 12.4 Å². The Morgan fingerprint density at radius 3 is 1.35 bits per heavy atom. The average molecular weight is 424 g/mol. The summed E-state index contributed by atoms with van der Waals surface area (Å²) in [4.78, 5) is 0. The molecule has 0 atom stereocenters. The molecule has 1 aromatic rings. The summed E-state index contributed by atoms with van der Waals surface area (Å²) in [5, 5.41) is 0. The molecule has 0 saturated heterocycles. The Kier molecular flexibility index (Phi) is 4.42. The lowest BCUT2D eigenvalue weighted by molar-refractivity contribution is -0.278. The summed E-state index contributed by atoms with van der Waals surface area (Å²) in [6, 6.07) is 0.272. The van der Waals surface area contributed by atoms with E-state index in [2.05, 4.69) is 4.74 Å². The zero-order valence-corrected chi connectivity index (χ0v) is 11.0. The Labute approximate surface area is 118 Å². The first-order valence-electron chi connectivity index (χ1n) is 4.45. The topological polar surface area (TPSA) is 9.23 Å². The molecule has 0 unspecified atom stereocenters. The molecule has 0 aliphatic carbocycles. The van der Waals surface area contributed by atoms with Crippen molar-refractivity contribution in [2.45, 2.75) is 18.7 Å². The van der Waals surface area contributed by atoms with Crippen LogP contribution < -0.4 is 4.74 Å². The molecule has 0 fully saturated rings. The van der Waals surface area contributed by atoms with Crippen molar-refractivity contribution in [1.82, 2.24) is 0 Å². The average Bonchev–Trinajstić information content (AvgIpc) is 2.14. The van der Waals surface area contributed by atoms with Crippen LogP contribution in [-0.4, -0.2) is 6.36 Å². The Bertz CT molecular complexity index is 465. The number of hydrogen-bond donors (Lipinski definition) is 0. The molecule has 0 saturated carbocycles. The van der Waals surface area contributed by atoms with E-state index in [9.17, 15) is 39.5 Å². The number of alkyl halides is 9. The van der Waals surface area contributed by atoms with Gasteiger partial charge in [-0.15, -0.1) is 13.2 Å². The minimum Gasteiger partial charge on any atom is -0.404 e. The van der Waals surface area contributed by atoms with E-state index >= 15 is 0 Å². The van der Waals surface area contributed by atoms with Gasteiger partial charge in [0.05, 0.1) is 11.1 Å². The fourth-order valence-corrected chi connectivity index (χ4v) is 1.86. The van der Waals surface area contributed by atoms with Crippen LogP contribution in [0.25, 0.3) is 0 Å². The molecule has 11 heteroatoms. The molecular weight excluding hydrogens is 422 g/mol. The van der Waals surface area contributed by atoms with Gasteiger partial charge < -0.3 is 4.74 Å². The van der Waals surface area contributed by atoms with Crippen molar-refractivity contribution in [1.29, 1.82) is 0 Å². The summed E-state index contributed by atoms with van der Waals surface area (Å²) >= 11 is 1.13. The van der Waals surface area contributed by atoms with Crippen LogP contribution >= 0.6 is 22.6 Å². The molecule has 1 aromatic carbocycles. The molecule has 0 amide bonds. The molecule has 0 aliphatic heterocycles. The molecule has 0 N–H and O–H groups in total. The summed E-state index contributed by atoms with van der Waals surface area (Å²) in [5.41, 5.74) is -4.29. The minimum atomic E-state index is -5.69. The van der Waals surface area contributed by atoms with Gasteiger partial charge in [0, 0.05) is 3.57 Å². The number of hydrogen-bond acceptors (Lipinski definition) is 1. The molecule has 0 spiro atoms. The Hall–Kier alpha value is -0.880. The largest absolute Gasteiger partial charge is 0.573 e. The quantitative estimate of drug-likeness (QED) is 0.444. The lowest BCUT2D eigenvalue weighted by atomic mass is 10.1. The van der Waals surface area contributed by atoms with E-state index in [1.54, 1.807) is 0 Å². The van der Waals surface area contributed by atoms with Gasteiger partial charge in [-0.05, 0) is 34.7 Å². The Morgan fingerprint density at radius 2 is 1.10 bits per heavy atom. The van der Waals surface area contributed by atoms with Gasteiger partial charge in [0.15, 0.2) is 5.75 Å². The van der Waals surface area contributed by atoms with E-state index in [1.165, 1.54) is 0 Å². The van der Waals surface area contributed by atoms with Crippen molar-refractivity contribution in [3.63, 3.8) is 0 Å². The highest BCUT2D eigenvalue weighted by Gasteiger charge is 2.46. The standard InChI is InChI=1S/C9H2F9IO/c10-7(11,12)4-1-3(19)2-5(8(13,14)15)6(4)20-9(16,17)18/h1-2H. The van der Waals surface area contributed by atoms with Crippen LogP contribution in [0.2, 0.25) is 0 Å². The van der Waals surface area contributed by atoms with Crippen LogP contribution in [0, 0.1) is 3.57 Å². The van der Waals surface area contributed by atoms with E-state index in [1.807, 2.05) is 0 Å². The summed E-state index contributed by atoms with van der Waals surface area (Å²) in [5.74, 6) is -2.31. The molecule has 0 heterocycles. The van der Waals surface area contributed by atoms with Crippen molar-refractivity contribution in [3.8, 4) is 5.75 Å². The van der Waals surface area contributed by atoms with E-state index in [0.717, 1.165) is 22.6 Å². The van der Waals surface area contributed by atoms with E-state index < -0.39 is 39.2 Å². The Morgan fingerprint density at radius 1 is 0.750 bits per heavy atom. The van der Waals surface area contributed by atoms with Crippen LogP contribution in [0.1, 0.15) is 11.1 Å². The normalized spacial score (nSPS) is 13.5. The van der Waals surface area contributed by atoms with Crippen LogP contribution in [0.3, 0.4) is 0 Å². The highest BCUT2D eigenvalue weighted by atomic mass is 127. The van der Waals surface area contributed by atoms with Gasteiger partial charge in [-0.3, -0.25) is 0 Å². The molecular formula is C9H2F9IO. The lowest BCUT2D eigenvalue weighted by Gasteiger charge is -2.20. The van der Waals surface area contributed by atoms with Crippen molar-refractivity contribution in [2.24, 2.45) is 0 Å². The first-order valence-corrected chi connectivity index (χ1v) is 5.53. The summed E-state index contributed by atoms with van der Waals surface area (Å²) < 4.78 is 114. The van der Waals surface area contributed by atoms with Crippen LogP contribution in [0.5, 0.6) is 5.75 Å². The second kappa shape index (κ2) is 5.15. The fourth-order valence-electron chi connectivity index (χ4n) is 1.24. The number of halogens is 10. The van der Waals surface area contributed by atoms with Gasteiger partial charge in [-0.2, -0.15) is 26.3 Å². The SMILES string of the molecule is FC(F)(F)Oc1c(C(F)(F)F)cc(I)cc1C(F)(F)F. The summed E-state index contributed by atoms with van der Waals surface area (Å²) in [6.45, 7) is 0. The zero-order chi connectivity index (χ0) is 15.9. The third-order valence-corrected chi connectivity index (χ3v) is 2.51. The first kappa shape index (κ1) is 17.2. The predicted molar refractivity (Wildman–Crippen MR) is 55.8 cm³/mol. The van der Waals surface area contributed by atoms with Gasteiger partial charge in [0.25, 0.3) is 0 Å². The minimum absolute atomic E-state index is 0.136. The summed E-state index contributed by atoms with van der Waals surface area (Å²) in [7, 11) is 0.